The number of rotatable bonds is 6. The van der Waals surface area contributed by atoms with Crippen LogP contribution >= 0.6 is 0 Å². The van der Waals surface area contributed by atoms with Gasteiger partial charge >= 0.3 is 5.97 Å². The molecule has 30 heavy (non-hydrogen) atoms. The number of carbonyl (C=O) groups excluding carboxylic acids is 1. The van der Waals surface area contributed by atoms with Crippen molar-refractivity contribution in [2.75, 3.05) is 40.2 Å². The summed E-state index contributed by atoms with van der Waals surface area (Å²) < 4.78 is 37.9. The third-order valence-electron chi connectivity index (χ3n) is 4.54. The van der Waals surface area contributed by atoms with Crippen LogP contribution in [0.4, 0.5) is 0 Å². The van der Waals surface area contributed by atoms with E-state index in [1.165, 1.54) is 25.5 Å². The Morgan fingerprint density at radius 2 is 2.10 bits per heavy atom. The molecule has 1 fully saturated rings. The lowest BCUT2D eigenvalue weighted by Crippen LogP contribution is -2.32. The van der Waals surface area contributed by atoms with Crippen LogP contribution in [0.5, 0.6) is 0 Å². The van der Waals surface area contributed by atoms with Gasteiger partial charge in [0.2, 0.25) is 10.0 Å². The number of aromatic nitrogens is 3. The Morgan fingerprint density at radius 3 is 2.73 bits per heavy atom. The first-order valence-corrected chi connectivity index (χ1v) is 10.5. The number of hydrogen-bond acceptors (Lipinski definition) is 8. The van der Waals surface area contributed by atoms with Gasteiger partial charge in [-0.05, 0) is 12.1 Å². The number of carboxylic acid groups (broad SMARTS) is 1. The van der Waals surface area contributed by atoms with Gasteiger partial charge in [0.05, 0.1) is 32.1 Å². The number of carbonyl (C=O) groups is 2. The van der Waals surface area contributed by atoms with Gasteiger partial charge in [0.25, 0.3) is 6.47 Å². The van der Waals surface area contributed by atoms with Crippen LogP contribution in [-0.4, -0.2) is 85.0 Å². The molecule has 11 nitrogen and oxygen atoms in total. The van der Waals surface area contributed by atoms with E-state index in [4.69, 9.17) is 19.4 Å². The number of nitrogens with zero attached hydrogens (tertiary/aromatic N) is 4. The molecule has 1 saturated heterocycles. The Morgan fingerprint density at radius 1 is 1.40 bits per heavy atom. The Kier molecular flexibility index (Phi) is 8.03. The molecule has 3 heterocycles. The van der Waals surface area contributed by atoms with E-state index in [0.29, 0.717) is 24.7 Å². The van der Waals surface area contributed by atoms with Crippen LogP contribution in [0.2, 0.25) is 0 Å². The van der Waals surface area contributed by atoms with Crippen LogP contribution in [0, 0.1) is 5.92 Å². The average molecular weight is 440 g/mol. The molecule has 0 amide bonds. The first-order chi connectivity index (χ1) is 14.2. The summed E-state index contributed by atoms with van der Waals surface area (Å²) >= 11 is 0. The maximum Gasteiger partial charge on any atom is 0.356 e. The molecular formula is C18H24N4O7S. The van der Waals surface area contributed by atoms with Crippen molar-refractivity contribution < 1.29 is 32.6 Å². The molecule has 2 atom stereocenters. The second-order valence-electron chi connectivity index (χ2n) is 6.59. The summed E-state index contributed by atoms with van der Waals surface area (Å²) in [6.45, 7) is 0.485. The fraction of sp³-hybridized carbons (Fsp3) is 0.444. The molecule has 0 aromatic carbocycles. The molecule has 1 aliphatic heterocycles. The third-order valence-corrected chi connectivity index (χ3v) is 6.51. The topological polar surface area (TPSA) is 141 Å². The van der Waals surface area contributed by atoms with Gasteiger partial charge in [-0.1, -0.05) is 6.07 Å². The van der Waals surface area contributed by atoms with Crippen LogP contribution < -0.4 is 0 Å². The summed E-state index contributed by atoms with van der Waals surface area (Å²) in [5, 5.41) is 6.89. The predicted molar refractivity (Wildman–Crippen MR) is 106 cm³/mol. The summed E-state index contributed by atoms with van der Waals surface area (Å²) in [4.78, 5) is 28.8. The van der Waals surface area contributed by atoms with Crippen LogP contribution in [0.25, 0.3) is 11.5 Å². The zero-order chi connectivity index (χ0) is 22.3. The van der Waals surface area contributed by atoms with Crippen molar-refractivity contribution in [1.29, 1.82) is 0 Å². The van der Waals surface area contributed by atoms with Gasteiger partial charge in [-0.15, -0.1) is 0 Å². The number of pyridine rings is 1. The number of esters is 1. The highest BCUT2D eigenvalue weighted by atomic mass is 32.2. The smallest absolute Gasteiger partial charge is 0.356 e. The molecule has 3 rings (SSSR count). The molecule has 0 aliphatic carbocycles. The predicted octanol–water partition coefficient (Wildman–Crippen LogP) is 0.511. The number of imidazole rings is 1. The van der Waals surface area contributed by atoms with Gasteiger partial charge in [0, 0.05) is 32.4 Å². The molecule has 0 bridgehead atoms. The molecule has 2 aromatic rings. The van der Waals surface area contributed by atoms with Crippen molar-refractivity contribution >= 4 is 22.5 Å². The van der Waals surface area contributed by atoms with Gasteiger partial charge in [-0.25, -0.2) is 27.5 Å². The molecule has 1 aliphatic rings. The maximum atomic E-state index is 12.3. The maximum absolute atomic E-state index is 12.3. The normalized spacial score (nSPS) is 18.5. The fourth-order valence-electron chi connectivity index (χ4n) is 3.03. The molecule has 12 heteroatoms. The molecule has 2 aromatic heterocycles. The largest absolute Gasteiger partial charge is 0.483 e. The van der Waals surface area contributed by atoms with E-state index in [1.807, 2.05) is 4.57 Å². The minimum atomic E-state index is -3.36. The van der Waals surface area contributed by atoms with E-state index in [0.717, 1.165) is 0 Å². The van der Waals surface area contributed by atoms with Crippen LogP contribution in [0.1, 0.15) is 16.5 Å². The standard InChI is InChI=1S/C17H22N4O5S.CH2O2/c1-20(2)27(23,24)11-12-9-26-10-15(12)21-8-7-18-16(21)13-5-4-6-14(19-13)17(22)25-3;2-1-3/h4-8,12,15H,9-11H2,1-3H3;1H,(H,2,3)/t12-,15+;/m0./s1. The number of hydrogen-bond donors (Lipinski definition) is 1. The van der Waals surface area contributed by atoms with E-state index in [-0.39, 0.29) is 29.9 Å². The van der Waals surface area contributed by atoms with Crippen molar-refractivity contribution in [2.45, 2.75) is 6.04 Å². The van der Waals surface area contributed by atoms with Crippen molar-refractivity contribution in [2.24, 2.45) is 5.92 Å². The van der Waals surface area contributed by atoms with Crippen LogP contribution in [0.15, 0.2) is 30.6 Å². The molecule has 0 radical (unpaired) electrons. The zero-order valence-corrected chi connectivity index (χ0v) is 17.7. The molecule has 0 spiro atoms. The van der Waals surface area contributed by atoms with Gasteiger partial charge in [-0.3, -0.25) is 4.79 Å². The van der Waals surface area contributed by atoms with E-state index in [2.05, 4.69) is 9.97 Å². The SMILES string of the molecule is COC(=O)c1cccc(-c2nccn2[C@@H]2COC[C@H]2CS(=O)(=O)N(C)C)n1.O=CO. The second-order valence-corrected chi connectivity index (χ2v) is 8.82. The Hall–Kier alpha value is -2.83. The van der Waals surface area contributed by atoms with Crippen LogP contribution in [-0.2, 0) is 24.3 Å². The number of sulfonamides is 1. The minimum Gasteiger partial charge on any atom is -0.483 e. The molecule has 0 unspecified atom stereocenters. The second kappa shape index (κ2) is 10.3. The lowest BCUT2D eigenvalue weighted by Gasteiger charge is -2.22. The van der Waals surface area contributed by atoms with E-state index in [1.54, 1.807) is 30.6 Å². The number of methoxy groups -OCH3 is 1. The summed E-state index contributed by atoms with van der Waals surface area (Å²) in [5.41, 5.74) is 0.683. The minimum absolute atomic E-state index is 0.0160. The first kappa shape index (κ1) is 23.4. The zero-order valence-electron chi connectivity index (χ0n) is 16.8. The molecule has 164 valence electrons. The third kappa shape index (κ3) is 5.40. The Labute approximate surface area is 174 Å². The average Bonchev–Trinajstić information content (AvgIpc) is 3.36. The highest BCUT2D eigenvalue weighted by Crippen LogP contribution is 2.31. The number of ether oxygens (including phenoxy) is 2. The molecular weight excluding hydrogens is 416 g/mol. The lowest BCUT2D eigenvalue weighted by atomic mass is 10.1. The van der Waals surface area contributed by atoms with Gasteiger partial charge in [-0.2, -0.15) is 0 Å². The van der Waals surface area contributed by atoms with Crippen molar-refractivity contribution in [3.8, 4) is 11.5 Å². The van der Waals surface area contributed by atoms with Gasteiger partial charge in [0.1, 0.15) is 11.4 Å². The summed E-state index contributed by atoms with van der Waals surface area (Å²) in [7, 11) is 0.971. The summed E-state index contributed by atoms with van der Waals surface area (Å²) in [5.74, 6) is -0.218. The van der Waals surface area contributed by atoms with Crippen molar-refractivity contribution in [3.05, 3.63) is 36.3 Å². The Balaban J connectivity index is 0.00000101. The van der Waals surface area contributed by atoms with E-state index >= 15 is 0 Å². The van der Waals surface area contributed by atoms with Crippen LogP contribution in [0.3, 0.4) is 0 Å². The van der Waals surface area contributed by atoms with Crippen molar-refractivity contribution in [3.63, 3.8) is 0 Å². The monoisotopic (exact) mass is 440 g/mol. The summed E-state index contributed by atoms with van der Waals surface area (Å²) in [6.07, 6.45) is 3.40. The fourth-order valence-corrected chi connectivity index (χ4v) is 4.19. The molecule has 0 saturated carbocycles. The van der Waals surface area contributed by atoms with Crippen molar-refractivity contribution in [1.82, 2.24) is 18.8 Å². The summed E-state index contributed by atoms with van der Waals surface area (Å²) in [6, 6.07) is 4.81. The van der Waals surface area contributed by atoms with Gasteiger partial charge in [0.15, 0.2) is 5.82 Å². The van der Waals surface area contributed by atoms with Gasteiger partial charge < -0.3 is 19.1 Å². The van der Waals surface area contributed by atoms with E-state index < -0.39 is 16.0 Å². The Bertz CT molecular complexity index is 974. The highest BCUT2D eigenvalue weighted by Gasteiger charge is 2.35. The first-order valence-electron chi connectivity index (χ1n) is 8.89. The highest BCUT2D eigenvalue weighted by molar-refractivity contribution is 7.89. The molecule has 1 N–H and O–H groups in total. The van der Waals surface area contributed by atoms with E-state index in [9.17, 15) is 13.2 Å². The lowest BCUT2D eigenvalue weighted by molar-refractivity contribution is -0.122. The quantitative estimate of drug-likeness (QED) is 0.502.